The van der Waals surface area contributed by atoms with Crippen LogP contribution in [-0.4, -0.2) is 37.9 Å². The molecule has 1 amide bonds. The zero-order chi connectivity index (χ0) is 20.6. The summed E-state index contributed by atoms with van der Waals surface area (Å²) in [6, 6.07) is 5.45. The van der Waals surface area contributed by atoms with E-state index in [0.29, 0.717) is 11.3 Å². The molecule has 6 heteroatoms. The summed E-state index contributed by atoms with van der Waals surface area (Å²) in [7, 11) is 1.52. The first-order valence-corrected chi connectivity index (χ1v) is 11.8. The SMILES string of the molecule is COc1cc(SC)ccc1C(=O)OCC(=O)NC(C)C12CC3CC(CC(C3)C1)C2. The maximum atomic E-state index is 12.5. The van der Waals surface area contributed by atoms with Crippen molar-refractivity contribution in [2.45, 2.75) is 56.4 Å². The number of carbonyl (C=O) groups excluding carboxylic acids is 2. The van der Waals surface area contributed by atoms with E-state index in [0.717, 1.165) is 22.6 Å². The van der Waals surface area contributed by atoms with Gasteiger partial charge in [0.15, 0.2) is 6.61 Å². The number of hydrogen-bond donors (Lipinski definition) is 1. The van der Waals surface area contributed by atoms with Crippen LogP contribution in [-0.2, 0) is 9.53 Å². The Hall–Kier alpha value is -1.69. The van der Waals surface area contributed by atoms with Crippen LogP contribution >= 0.6 is 11.8 Å². The third kappa shape index (κ3) is 4.14. The zero-order valence-corrected chi connectivity index (χ0v) is 18.3. The van der Waals surface area contributed by atoms with Gasteiger partial charge in [0.25, 0.3) is 5.91 Å². The van der Waals surface area contributed by atoms with Crippen LogP contribution in [0.15, 0.2) is 23.1 Å². The van der Waals surface area contributed by atoms with Crippen molar-refractivity contribution in [1.29, 1.82) is 0 Å². The number of ether oxygens (including phenoxy) is 2. The number of carbonyl (C=O) groups is 2. The van der Waals surface area contributed by atoms with Crippen molar-refractivity contribution >= 4 is 23.6 Å². The third-order valence-electron chi connectivity index (χ3n) is 7.34. The molecule has 4 aliphatic carbocycles. The molecule has 0 heterocycles. The van der Waals surface area contributed by atoms with Crippen LogP contribution in [0.2, 0.25) is 0 Å². The molecular weight excluding hydrogens is 386 g/mol. The second-order valence-electron chi connectivity index (χ2n) is 9.21. The Morgan fingerprint density at radius 1 is 1.17 bits per heavy atom. The van der Waals surface area contributed by atoms with E-state index in [1.54, 1.807) is 23.9 Å². The van der Waals surface area contributed by atoms with E-state index in [2.05, 4.69) is 12.2 Å². The molecule has 1 atom stereocenters. The minimum atomic E-state index is -0.535. The van der Waals surface area contributed by atoms with Gasteiger partial charge >= 0.3 is 5.97 Å². The summed E-state index contributed by atoms with van der Waals surface area (Å²) in [6.45, 7) is 1.88. The molecule has 4 aliphatic rings. The van der Waals surface area contributed by atoms with Crippen molar-refractivity contribution in [2.24, 2.45) is 23.2 Å². The molecular formula is C23H31NO4S. The molecule has 0 aromatic heterocycles. The highest BCUT2D eigenvalue weighted by molar-refractivity contribution is 7.98. The monoisotopic (exact) mass is 417 g/mol. The summed E-state index contributed by atoms with van der Waals surface area (Å²) in [5.74, 6) is 2.23. The van der Waals surface area contributed by atoms with Gasteiger partial charge in [-0.2, -0.15) is 0 Å². The first-order valence-electron chi connectivity index (χ1n) is 10.6. The largest absolute Gasteiger partial charge is 0.496 e. The maximum Gasteiger partial charge on any atom is 0.342 e. The van der Waals surface area contributed by atoms with E-state index in [9.17, 15) is 9.59 Å². The fourth-order valence-electron chi connectivity index (χ4n) is 6.32. The van der Waals surface area contributed by atoms with E-state index in [-0.39, 0.29) is 24.0 Å². The van der Waals surface area contributed by atoms with E-state index in [1.165, 1.54) is 45.6 Å². The van der Waals surface area contributed by atoms with Crippen LogP contribution in [0.25, 0.3) is 0 Å². The summed E-state index contributed by atoms with van der Waals surface area (Å²) in [5.41, 5.74) is 0.581. The quantitative estimate of drug-likeness (QED) is 0.529. The number of thioether (sulfide) groups is 1. The molecule has 0 aliphatic heterocycles. The van der Waals surface area contributed by atoms with E-state index in [4.69, 9.17) is 9.47 Å². The molecule has 4 fully saturated rings. The molecule has 0 saturated heterocycles. The Balaban J connectivity index is 1.33. The van der Waals surface area contributed by atoms with Crippen molar-refractivity contribution in [2.75, 3.05) is 20.0 Å². The smallest absolute Gasteiger partial charge is 0.342 e. The van der Waals surface area contributed by atoms with Gasteiger partial charge in [-0.1, -0.05) is 0 Å². The number of esters is 1. The van der Waals surface area contributed by atoms with Crippen molar-refractivity contribution in [3.63, 3.8) is 0 Å². The van der Waals surface area contributed by atoms with Gasteiger partial charge in [0, 0.05) is 10.9 Å². The minimum Gasteiger partial charge on any atom is -0.496 e. The number of benzene rings is 1. The highest BCUT2D eigenvalue weighted by Gasteiger charge is 2.53. The van der Waals surface area contributed by atoms with Gasteiger partial charge in [0.1, 0.15) is 11.3 Å². The molecule has 0 spiro atoms. The minimum absolute atomic E-state index is 0.123. The molecule has 5 rings (SSSR count). The van der Waals surface area contributed by atoms with E-state index < -0.39 is 5.97 Å². The Kier molecular flexibility index (Phi) is 5.83. The van der Waals surface area contributed by atoms with Crippen LogP contribution in [0.1, 0.15) is 55.8 Å². The highest BCUT2D eigenvalue weighted by Crippen LogP contribution is 2.61. The Bertz CT molecular complexity index is 758. The lowest BCUT2D eigenvalue weighted by molar-refractivity contribution is -0.128. The Labute approximate surface area is 177 Å². The lowest BCUT2D eigenvalue weighted by Gasteiger charge is -2.59. The van der Waals surface area contributed by atoms with E-state index in [1.807, 2.05) is 12.3 Å². The molecule has 4 saturated carbocycles. The number of nitrogens with one attached hydrogen (secondary N) is 1. The molecule has 0 radical (unpaired) electrons. The average molecular weight is 418 g/mol. The van der Waals surface area contributed by atoms with Gasteiger partial charge in [0.2, 0.25) is 0 Å². The Morgan fingerprint density at radius 2 is 1.79 bits per heavy atom. The normalized spacial score (nSPS) is 30.7. The summed E-state index contributed by atoms with van der Waals surface area (Å²) in [4.78, 5) is 26.0. The van der Waals surface area contributed by atoms with Gasteiger partial charge in [-0.25, -0.2) is 4.79 Å². The van der Waals surface area contributed by atoms with Crippen molar-refractivity contribution < 1.29 is 19.1 Å². The number of amides is 1. The molecule has 29 heavy (non-hydrogen) atoms. The van der Waals surface area contributed by atoms with Crippen LogP contribution in [0.5, 0.6) is 5.75 Å². The predicted molar refractivity (Wildman–Crippen MR) is 113 cm³/mol. The van der Waals surface area contributed by atoms with Crippen molar-refractivity contribution in [3.8, 4) is 5.75 Å². The van der Waals surface area contributed by atoms with E-state index >= 15 is 0 Å². The molecule has 1 aromatic rings. The summed E-state index contributed by atoms with van der Waals surface area (Å²) < 4.78 is 10.6. The summed E-state index contributed by atoms with van der Waals surface area (Å²) >= 11 is 1.57. The van der Waals surface area contributed by atoms with Crippen molar-refractivity contribution in [1.82, 2.24) is 5.32 Å². The van der Waals surface area contributed by atoms with Crippen LogP contribution < -0.4 is 10.1 Å². The first-order chi connectivity index (χ1) is 13.9. The molecule has 1 N–H and O–H groups in total. The van der Waals surface area contributed by atoms with Crippen LogP contribution in [0, 0.1) is 23.2 Å². The number of methoxy groups -OCH3 is 1. The first kappa shape index (κ1) is 20.6. The standard InChI is InChI=1S/C23H31NO4S/c1-14(23-10-15-6-16(11-23)8-17(7-15)12-23)24-21(25)13-28-22(26)19-5-4-18(29-3)9-20(19)27-2/h4-5,9,14-17H,6-8,10-13H2,1-3H3,(H,24,25). The predicted octanol–water partition coefficient (Wildman–Crippen LogP) is 4.30. The topological polar surface area (TPSA) is 64.6 Å². The Morgan fingerprint density at radius 3 is 2.34 bits per heavy atom. The lowest BCUT2D eigenvalue weighted by Crippen LogP contribution is -2.56. The van der Waals surface area contributed by atoms with Crippen LogP contribution in [0.4, 0.5) is 0 Å². The van der Waals surface area contributed by atoms with Gasteiger partial charge in [-0.3, -0.25) is 4.79 Å². The number of hydrogen-bond acceptors (Lipinski definition) is 5. The molecule has 1 unspecified atom stereocenters. The zero-order valence-electron chi connectivity index (χ0n) is 17.5. The van der Waals surface area contributed by atoms with Crippen molar-refractivity contribution in [3.05, 3.63) is 23.8 Å². The number of rotatable bonds is 7. The maximum absolute atomic E-state index is 12.5. The second kappa shape index (κ2) is 8.21. The molecule has 5 nitrogen and oxygen atoms in total. The highest BCUT2D eigenvalue weighted by atomic mass is 32.2. The molecule has 158 valence electrons. The van der Waals surface area contributed by atoms with Crippen LogP contribution in [0.3, 0.4) is 0 Å². The lowest BCUT2D eigenvalue weighted by atomic mass is 9.48. The third-order valence-corrected chi connectivity index (χ3v) is 8.07. The fraction of sp³-hybridized carbons (Fsp3) is 0.652. The van der Waals surface area contributed by atoms with Gasteiger partial charge in [-0.05, 0) is 93.1 Å². The summed E-state index contributed by atoms with van der Waals surface area (Å²) in [5, 5.41) is 3.14. The van der Waals surface area contributed by atoms with Gasteiger partial charge < -0.3 is 14.8 Å². The summed E-state index contributed by atoms with van der Waals surface area (Å²) in [6.07, 6.45) is 9.82. The fourth-order valence-corrected chi connectivity index (χ4v) is 6.75. The average Bonchev–Trinajstić information content (AvgIpc) is 2.70. The van der Waals surface area contributed by atoms with Gasteiger partial charge in [0.05, 0.1) is 7.11 Å². The molecule has 4 bridgehead atoms. The second-order valence-corrected chi connectivity index (χ2v) is 10.1. The van der Waals surface area contributed by atoms with Gasteiger partial charge in [-0.15, -0.1) is 11.8 Å². The molecule has 1 aromatic carbocycles.